The molecule has 4 heteroatoms. The number of carbonyl (C=O) groups is 1. The molecule has 0 saturated carbocycles. The molecule has 0 spiro atoms. The lowest BCUT2D eigenvalue weighted by molar-refractivity contribution is -0.160. The van der Waals surface area contributed by atoms with Gasteiger partial charge in [-0.3, -0.25) is 4.79 Å². The standard InChI is InChI=1S/C6H7FO3/c7-4-1-3-2-9-6(10-3)5(4)8/h3-4,6H,1-2H2/t3-,4+,6+/m0/s1. The van der Waals surface area contributed by atoms with Gasteiger partial charge in [-0.1, -0.05) is 0 Å². The van der Waals surface area contributed by atoms with E-state index in [9.17, 15) is 9.18 Å². The zero-order valence-corrected chi connectivity index (χ0v) is 5.25. The van der Waals surface area contributed by atoms with Gasteiger partial charge in [0.25, 0.3) is 0 Å². The highest BCUT2D eigenvalue weighted by molar-refractivity contribution is 5.87. The summed E-state index contributed by atoms with van der Waals surface area (Å²) in [6, 6.07) is 0. The minimum absolute atomic E-state index is 0.162. The third kappa shape index (κ3) is 0.759. The third-order valence-corrected chi connectivity index (χ3v) is 1.76. The lowest BCUT2D eigenvalue weighted by atomic mass is 10.1. The Morgan fingerprint density at radius 1 is 1.60 bits per heavy atom. The number of alkyl halides is 1. The number of carbonyl (C=O) groups excluding carboxylic acids is 1. The number of hydrogen-bond acceptors (Lipinski definition) is 3. The first kappa shape index (κ1) is 6.24. The van der Waals surface area contributed by atoms with Crippen molar-refractivity contribution in [1.29, 1.82) is 0 Å². The van der Waals surface area contributed by atoms with Crippen LogP contribution in [0.5, 0.6) is 0 Å². The monoisotopic (exact) mass is 146 g/mol. The van der Waals surface area contributed by atoms with Crippen LogP contribution in [0.4, 0.5) is 4.39 Å². The molecular formula is C6H7FO3. The first-order chi connectivity index (χ1) is 4.77. The average molecular weight is 146 g/mol. The lowest BCUT2D eigenvalue weighted by Crippen LogP contribution is -2.37. The Kier molecular flexibility index (Phi) is 1.25. The molecule has 0 aromatic heterocycles. The maximum absolute atomic E-state index is 12.6. The molecule has 10 heavy (non-hydrogen) atoms. The highest BCUT2D eigenvalue weighted by Gasteiger charge is 2.43. The summed E-state index contributed by atoms with van der Waals surface area (Å²) >= 11 is 0. The summed E-state index contributed by atoms with van der Waals surface area (Å²) in [6.07, 6.45) is -2.31. The second-order valence-corrected chi connectivity index (χ2v) is 2.53. The molecule has 0 amide bonds. The topological polar surface area (TPSA) is 35.5 Å². The van der Waals surface area contributed by atoms with E-state index >= 15 is 0 Å². The van der Waals surface area contributed by atoms with Gasteiger partial charge in [0, 0.05) is 6.42 Å². The van der Waals surface area contributed by atoms with Crippen molar-refractivity contribution in [2.24, 2.45) is 0 Å². The lowest BCUT2D eigenvalue weighted by Gasteiger charge is -2.18. The van der Waals surface area contributed by atoms with Gasteiger partial charge in [-0.15, -0.1) is 0 Å². The smallest absolute Gasteiger partial charge is 0.222 e. The molecule has 0 radical (unpaired) electrons. The van der Waals surface area contributed by atoms with Crippen LogP contribution >= 0.6 is 0 Å². The first-order valence-corrected chi connectivity index (χ1v) is 3.22. The molecule has 0 N–H and O–H groups in total. The summed E-state index contributed by atoms with van der Waals surface area (Å²) < 4.78 is 22.4. The van der Waals surface area contributed by atoms with Crippen molar-refractivity contribution in [3.05, 3.63) is 0 Å². The van der Waals surface area contributed by atoms with Gasteiger partial charge in [-0.2, -0.15) is 0 Å². The highest BCUT2D eigenvalue weighted by Crippen LogP contribution is 2.25. The van der Waals surface area contributed by atoms with Crippen molar-refractivity contribution < 1.29 is 18.7 Å². The summed E-state index contributed by atoms with van der Waals surface area (Å²) in [7, 11) is 0. The summed E-state index contributed by atoms with van der Waals surface area (Å²) in [5.41, 5.74) is 0. The van der Waals surface area contributed by atoms with Gasteiger partial charge in [0.2, 0.25) is 12.1 Å². The van der Waals surface area contributed by atoms with Crippen molar-refractivity contribution in [3.63, 3.8) is 0 Å². The largest absolute Gasteiger partial charge is 0.343 e. The van der Waals surface area contributed by atoms with E-state index in [1.807, 2.05) is 0 Å². The average Bonchev–Trinajstić information content (AvgIpc) is 2.29. The van der Waals surface area contributed by atoms with E-state index in [2.05, 4.69) is 0 Å². The molecule has 0 aromatic rings. The molecule has 2 bridgehead atoms. The van der Waals surface area contributed by atoms with Crippen LogP contribution in [-0.2, 0) is 14.3 Å². The quantitative estimate of drug-likeness (QED) is 0.484. The summed E-state index contributed by atoms with van der Waals surface area (Å²) in [5.74, 6) is -0.561. The van der Waals surface area contributed by atoms with Crippen LogP contribution in [0, 0.1) is 0 Å². The Labute approximate surface area is 57.1 Å². The molecule has 2 aliphatic rings. The Morgan fingerprint density at radius 3 is 3.20 bits per heavy atom. The number of halogens is 1. The molecule has 0 aromatic carbocycles. The number of rotatable bonds is 0. The Balaban J connectivity index is 2.17. The molecule has 3 atom stereocenters. The first-order valence-electron chi connectivity index (χ1n) is 3.22. The van der Waals surface area contributed by atoms with Crippen molar-refractivity contribution in [2.45, 2.75) is 25.0 Å². The molecule has 0 aliphatic carbocycles. The van der Waals surface area contributed by atoms with Crippen molar-refractivity contribution in [3.8, 4) is 0 Å². The van der Waals surface area contributed by atoms with Crippen LogP contribution in [-0.4, -0.2) is 31.0 Å². The van der Waals surface area contributed by atoms with Gasteiger partial charge in [-0.25, -0.2) is 4.39 Å². The molecule has 2 heterocycles. The van der Waals surface area contributed by atoms with E-state index in [-0.39, 0.29) is 12.5 Å². The van der Waals surface area contributed by atoms with Gasteiger partial charge in [0.15, 0.2) is 6.17 Å². The maximum atomic E-state index is 12.6. The molecule has 56 valence electrons. The minimum Gasteiger partial charge on any atom is -0.343 e. The van der Waals surface area contributed by atoms with E-state index in [1.165, 1.54) is 0 Å². The van der Waals surface area contributed by atoms with Crippen molar-refractivity contribution in [1.82, 2.24) is 0 Å². The fourth-order valence-corrected chi connectivity index (χ4v) is 1.22. The van der Waals surface area contributed by atoms with Gasteiger partial charge < -0.3 is 9.47 Å². The number of ketones is 1. The number of fused-ring (bicyclic) bond motifs is 2. The van der Waals surface area contributed by atoms with Gasteiger partial charge in [0.1, 0.15) is 0 Å². The zero-order valence-electron chi connectivity index (χ0n) is 5.25. The predicted octanol–water partition coefficient (Wildman–Crippen LogP) is 0.0388. The Hall–Kier alpha value is -0.480. The maximum Gasteiger partial charge on any atom is 0.222 e. The van der Waals surface area contributed by atoms with E-state index in [4.69, 9.17) is 9.47 Å². The van der Waals surface area contributed by atoms with Crippen molar-refractivity contribution >= 4 is 5.78 Å². The van der Waals surface area contributed by atoms with Crippen LogP contribution in [0.1, 0.15) is 6.42 Å². The minimum atomic E-state index is -1.37. The predicted molar refractivity (Wildman–Crippen MR) is 29.1 cm³/mol. The third-order valence-electron chi connectivity index (χ3n) is 1.76. The number of hydrogen-bond donors (Lipinski definition) is 0. The summed E-state index contributed by atoms with van der Waals surface area (Å²) in [4.78, 5) is 10.8. The Morgan fingerprint density at radius 2 is 2.40 bits per heavy atom. The summed E-state index contributed by atoms with van der Waals surface area (Å²) in [5, 5.41) is 0. The Bertz CT molecular complexity index is 170. The molecule has 2 aliphatic heterocycles. The normalized spacial score (nSPS) is 46.1. The van der Waals surface area contributed by atoms with Crippen LogP contribution < -0.4 is 0 Å². The molecule has 2 rings (SSSR count). The van der Waals surface area contributed by atoms with Crippen molar-refractivity contribution in [2.75, 3.05) is 6.61 Å². The molecule has 3 nitrogen and oxygen atoms in total. The van der Waals surface area contributed by atoms with Gasteiger partial charge >= 0.3 is 0 Å². The van der Waals surface area contributed by atoms with E-state index in [0.717, 1.165) is 0 Å². The van der Waals surface area contributed by atoms with E-state index < -0.39 is 18.2 Å². The zero-order chi connectivity index (χ0) is 7.14. The fraction of sp³-hybridized carbons (Fsp3) is 0.833. The highest BCUT2D eigenvalue weighted by atomic mass is 19.1. The molecule has 0 unspecified atom stereocenters. The second-order valence-electron chi connectivity index (χ2n) is 2.53. The van der Waals surface area contributed by atoms with Gasteiger partial charge in [0.05, 0.1) is 12.7 Å². The SMILES string of the molecule is O=C1[C@@H]2OC[C@H](C[C@H]1F)O2. The number of Topliss-reactive ketones (excluding diaryl/α,β-unsaturated/α-hetero) is 1. The summed E-state index contributed by atoms with van der Waals surface area (Å²) in [6.45, 7) is 0.358. The molecular weight excluding hydrogens is 139 g/mol. The second kappa shape index (κ2) is 2.00. The molecule has 2 saturated heterocycles. The van der Waals surface area contributed by atoms with E-state index in [1.54, 1.807) is 0 Å². The molecule has 2 fully saturated rings. The van der Waals surface area contributed by atoms with Crippen LogP contribution in [0.25, 0.3) is 0 Å². The van der Waals surface area contributed by atoms with Gasteiger partial charge in [-0.05, 0) is 0 Å². The van der Waals surface area contributed by atoms with Crippen LogP contribution in [0.2, 0.25) is 0 Å². The van der Waals surface area contributed by atoms with Crippen LogP contribution in [0.15, 0.2) is 0 Å². The fourth-order valence-electron chi connectivity index (χ4n) is 1.22. The van der Waals surface area contributed by atoms with Crippen LogP contribution in [0.3, 0.4) is 0 Å². The number of ether oxygens (including phenoxy) is 2. The van der Waals surface area contributed by atoms with E-state index in [0.29, 0.717) is 6.61 Å².